The lowest BCUT2D eigenvalue weighted by molar-refractivity contribution is 0.415. The molecule has 1 aromatic heterocycles. The zero-order chi connectivity index (χ0) is 14.5. The number of methoxy groups -OCH3 is 1. The van der Waals surface area contributed by atoms with Crippen LogP contribution in [0.1, 0.15) is 18.2 Å². The van der Waals surface area contributed by atoms with Gasteiger partial charge >= 0.3 is 0 Å². The number of hydrazone groups is 1. The van der Waals surface area contributed by atoms with Crippen LogP contribution in [0.2, 0.25) is 0 Å². The van der Waals surface area contributed by atoms with E-state index in [-0.39, 0.29) is 11.5 Å². The molecule has 0 aliphatic rings. The van der Waals surface area contributed by atoms with E-state index in [1.54, 1.807) is 14.0 Å². The van der Waals surface area contributed by atoms with Gasteiger partial charge in [-0.15, -0.1) is 10.2 Å². The molecular formula is C13H15N5O2. The minimum absolute atomic E-state index is 0.202. The van der Waals surface area contributed by atoms with Crippen molar-refractivity contribution in [3.8, 4) is 5.75 Å². The number of H-pyrrole nitrogens is 1. The van der Waals surface area contributed by atoms with E-state index in [1.165, 1.54) is 0 Å². The largest absolute Gasteiger partial charge is 0.497 e. The van der Waals surface area contributed by atoms with Crippen LogP contribution < -0.4 is 15.7 Å². The Hall–Kier alpha value is -2.70. The molecule has 1 aromatic carbocycles. The Bertz CT molecular complexity index is 676. The topological polar surface area (TPSA) is 92.3 Å². The van der Waals surface area contributed by atoms with E-state index in [2.05, 4.69) is 25.7 Å². The summed E-state index contributed by atoms with van der Waals surface area (Å²) in [4.78, 5) is 13.9. The highest BCUT2D eigenvalue weighted by Gasteiger charge is 2.01. The first-order valence-corrected chi connectivity index (χ1v) is 5.98. The fourth-order valence-electron chi connectivity index (χ4n) is 1.48. The number of rotatable bonds is 4. The van der Waals surface area contributed by atoms with Crippen molar-refractivity contribution in [2.24, 2.45) is 5.10 Å². The lowest BCUT2D eigenvalue weighted by Gasteiger charge is -2.04. The number of benzene rings is 1. The van der Waals surface area contributed by atoms with Crippen LogP contribution in [0.3, 0.4) is 0 Å². The molecule has 0 atom stereocenters. The van der Waals surface area contributed by atoms with Crippen molar-refractivity contribution in [1.82, 2.24) is 15.2 Å². The number of hydrogen-bond donors (Lipinski definition) is 2. The van der Waals surface area contributed by atoms with Crippen molar-refractivity contribution in [3.63, 3.8) is 0 Å². The molecule has 0 radical (unpaired) electrons. The summed E-state index contributed by atoms with van der Waals surface area (Å²) in [5.41, 5.74) is 4.36. The zero-order valence-corrected chi connectivity index (χ0v) is 11.5. The molecule has 7 heteroatoms. The van der Waals surface area contributed by atoms with E-state index in [0.717, 1.165) is 17.0 Å². The molecular weight excluding hydrogens is 258 g/mol. The first-order chi connectivity index (χ1) is 9.60. The molecule has 0 aliphatic carbocycles. The first kappa shape index (κ1) is 13.7. The third-order valence-electron chi connectivity index (χ3n) is 2.70. The fourth-order valence-corrected chi connectivity index (χ4v) is 1.48. The molecule has 0 saturated heterocycles. The van der Waals surface area contributed by atoms with Gasteiger partial charge in [0.1, 0.15) is 11.4 Å². The number of nitrogens with one attached hydrogen (secondary N) is 2. The maximum Gasteiger partial charge on any atom is 0.274 e. The predicted molar refractivity (Wildman–Crippen MR) is 76.2 cm³/mol. The Morgan fingerprint density at radius 1 is 1.30 bits per heavy atom. The molecule has 0 bridgehead atoms. The highest BCUT2D eigenvalue weighted by atomic mass is 16.5. The average Bonchev–Trinajstić information content (AvgIpc) is 2.48. The van der Waals surface area contributed by atoms with E-state index in [1.807, 2.05) is 31.2 Å². The van der Waals surface area contributed by atoms with Crippen LogP contribution in [0.5, 0.6) is 5.75 Å². The maximum absolute atomic E-state index is 11.4. The molecule has 1 heterocycles. The van der Waals surface area contributed by atoms with Gasteiger partial charge in [0.2, 0.25) is 5.95 Å². The second kappa shape index (κ2) is 5.96. The number of aromatic amines is 1. The van der Waals surface area contributed by atoms with Crippen LogP contribution in [0, 0.1) is 6.92 Å². The number of nitrogens with zero attached hydrogens (tertiary/aromatic N) is 3. The summed E-state index contributed by atoms with van der Waals surface area (Å²) in [6, 6.07) is 7.48. The molecule has 2 rings (SSSR count). The molecule has 104 valence electrons. The summed E-state index contributed by atoms with van der Waals surface area (Å²) in [5, 5.41) is 11.6. The molecule has 7 nitrogen and oxygen atoms in total. The molecule has 0 aliphatic heterocycles. The van der Waals surface area contributed by atoms with Gasteiger partial charge in [-0.3, -0.25) is 9.78 Å². The second-order valence-electron chi connectivity index (χ2n) is 4.13. The minimum atomic E-state index is -0.292. The number of ether oxygens (including phenoxy) is 1. The van der Waals surface area contributed by atoms with Crippen LogP contribution in [-0.4, -0.2) is 28.0 Å². The van der Waals surface area contributed by atoms with E-state index in [9.17, 15) is 4.79 Å². The number of aromatic nitrogens is 3. The van der Waals surface area contributed by atoms with Crippen molar-refractivity contribution < 1.29 is 4.74 Å². The third-order valence-corrected chi connectivity index (χ3v) is 2.70. The van der Waals surface area contributed by atoms with Gasteiger partial charge in [-0.2, -0.15) is 5.10 Å². The number of aryl methyl sites for hydroxylation is 1. The monoisotopic (exact) mass is 273 g/mol. The summed E-state index contributed by atoms with van der Waals surface area (Å²) in [5.74, 6) is 0.983. The lowest BCUT2D eigenvalue weighted by atomic mass is 10.1. The number of hydrogen-bond acceptors (Lipinski definition) is 6. The Morgan fingerprint density at radius 2 is 2.00 bits per heavy atom. The second-order valence-corrected chi connectivity index (χ2v) is 4.13. The molecule has 0 saturated carbocycles. The Kier molecular flexibility index (Phi) is 4.09. The van der Waals surface area contributed by atoms with Gasteiger partial charge in [-0.25, -0.2) is 5.43 Å². The Balaban J connectivity index is 2.13. The van der Waals surface area contributed by atoms with Crippen molar-refractivity contribution in [2.45, 2.75) is 13.8 Å². The van der Waals surface area contributed by atoms with Gasteiger partial charge < -0.3 is 4.74 Å². The van der Waals surface area contributed by atoms with Gasteiger partial charge in [0.05, 0.1) is 12.8 Å². The van der Waals surface area contributed by atoms with Crippen LogP contribution in [0.4, 0.5) is 5.95 Å². The highest BCUT2D eigenvalue weighted by Crippen LogP contribution is 2.12. The maximum atomic E-state index is 11.4. The van der Waals surface area contributed by atoms with E-state index in [4.69, 9.17) is 4.74 Å². The summed E-state index contributed by atoms with van der Waals surface area (Å²) in [7, 11) is 1.61. The molecule has 0 spiro atoms. The van der Waals surface area contributed by atoms with Gasteiger partial charge in [0.15, 0.2) is 0 Å². The third kappa shape index (κ3) is 3.19. The minimum Gasteiger partial charge on any atom is -0.497 e. The van der Waals surface area contributed by atoms with Crippen molar-refractivity contribution in [1.29, 1.82) is 0 Å². The van der Waals surface area contributed by atoms with Gasteiger partial charge in [-0.05, 0) is 43.7 Å². The van der Waals surface area contributed by atoms with Crippen molar-refractivity contribution in [2.75, 3.05) is 12.5 Å². The molecule has 20 heavy (non-hydrogen) atoms. The van der Waals surface area contributed by atoms with E-state index < -0.39 is 0 Å². The SMILES string of the molecule is COc1ccc(/C(C)=N\Nc2nnc(C)c(=O)[nH]2)cc1. The molecule has 0 amide bonds. The van der Waals surface area contributed by atoms with E-state index in [0.29, 0.717) is 5.69 Å². The van der Waals surface area contributed by atoms with Crippen LogP contribution in [-0.2, 0) is 0 Å². The van der Waals surface area contributed by atoms with Crippen molar-refractivity contribution in [3.05, 3.63) is 45.9 Å². The van der Waals surface area contributed by atoms with E-state index >= 15 is 0 Å². The Labute approximate surface area is 115 Å². The van der Waals surface area contributed by atoms with Crippen LogP contribution in [0.25, 0.3) is 0 Å². The molecule has 2 N–H and O–H groups in total. The molecule has 0 fully saturated rings. The van der Waals surface area contributed by atoms with Crippen LogP contribution >= 0.6 is 0 Å². The highest BCUT2D eigenvalue weighted by molar-refractivity contribution is 5.99. The summed E-state index contributed by atoms with van der Waals surface area (Å²) in [6.45, 7) is 3.43. The fraction of sp³-hybridized carbons (Fsp3) is 0.231. The smallest absolute Gasteiger partial charge is 0.274 e. The Morgan fingerprint density at radius 3 is 2.60 bits per heavy atom. The van der Waals surface area contributed by atoms with Gasteiger partial charge in [0.25, 0.3) is 5.56 Å². The average molecular weight is 273 g/mol. The van der Waals surface area contributed by atoms with Crippen molar-refractivity contribution >= 4 is 11.7 Å². The van der Waals surface area contributed by atoms with Gasteiger partial charge in [0, 0.05) is 0 Å². The number of anilines is 1. The summed E-state index contributed by atoms with van der Waals surface area (Å²) in [6.07, 6.45) is 0. The first-order valence-electron chi connectivity index (χ1n) is 5.98. The molecule has 0 unspecified atom stereocenters. The van der Waals surface area contributed by atoms with Gasteiger partial charge in [-0.1, -0.05) is 0 Å². The summed E-state index contributed by atoms with van der Waals surface area (Å²) < 4.78 is 5.09. The zero-order valence-electron chi connectivity index (χ0n) is 11.5. The predicted octanol–water partition coefficient (Wildman–Crippen LogP) is 1.32. The quantitative estimate of drug-likeness (QED) is 0.647. The molecule has 2 aromatic rings. The lowest BCUT2D eigenvalue weighted by Crippen LogP contribution is -2.16. The standard InChI is InChI=1S/C13H15N5O2/c1-8(10-4-6-11(20-3)7-5-10)15-17-13-14-12(19)9(2)16-18-13/h4-7H,1-3H3,(H2,14,17,18,19)/b15-8-. The summed E-state index contributed by atoms with van der Waals surface area (Å²) >= 11 is 0. The normalized spacial score (nSPS) is 11.2. The van der Waals surface area contributed by atoms with Crippen LogP contribution in [0.15, 0.2) is 34.2 Å².